The van der Waals surface area contributed by atoms with Crippen LogP contribution in [0.1, 0.15) is 10.4 Å². The van der Waals surface area contributed by atoms with Gasteiger partial charge in [-0.1, -0.05) is 33.6 Å². The number of benzene rings is 2. The van der Waals surface area contributed by atoms with Crippen LogP contribution in [0.4, 0.5) is 18.9 Å². The van der Waals surface area contributed by atoms with E-state index in [2.05, 4.69) is 15.9 Å². The monoisotopic (exact) mass is 577 g/mol. The van der Waals surface area contributed by atoms with E-state index in [9.17, 15) is 31.2 Å². The van der Waals surface area contributed by atoms with E-state index in [0.717, 1.165) is 3.97 Å². The Morgan fingerprint density at radius 2 is 1.76 bits per heavy atom. The summed E-state index contributed by atoms with van der Waals surface area (Å²) in [6, 6.07) is 8.99. The highest BCUT2D eigenvalue weighted by Gasteiger charge is 2.43. The average Bonchev–Trinajstić information content (AvgIpc) is 3.17. The molecule has 0 unspecified atom stereocenters. The number of piperazine rings is 1. The largest absolute Gasteiger partial charge is 0.471 e. The molecule has 4 rings (SSSR count). The van der Waals surface area contributed by atoms with Crippen LogP contribution in [0.3, 0.4) is 0 Å². The van der Waals surface area contributed by atoms with Crippen molar-refractivity contribution in [3.05, 3.63) is 57.7 Å². The second kappa shape index (κ2) is 8.90. The quantitative estimate of drug-likeness (QED) is 0.431. The normalized spacial score (nSPS) is 15.1. The molecular weight excluding hydrogens is 563 g/mol. The van der Waals surface area contributed by atoms with Crippen LogP contribution in [-0.4, -0.2) is 61.8 Å². The van der Waals surface area contributed by atoms with Gasteiger partial charge in [-0.05, 0) is 30.3 Å². The lowest BCUT2D eigenvalue weighted by Crippen LogP contribution is -2.52. The maximum Gasteiger partial charge on any atom is 0.471 e. The van der Waals surface area contributed by atoms with Crippen molar-refractivity contribution in [3.8, 4) is 0 Å². The summed E-state index contributed by atoms with van der Waals surface area (Å²) in [5, 5.41) is 0.478. The number of halogens is 5. The first-order chi connectivity index (χ1) is 15.9. The number of aromatic nitrogens is 1. The summed E-state index contributed by atoms with van der Waals surface area (Å²) in [6.07, 6.45) is -3.26. The molecule has 1 fully saturated rings. The number of rotatable bonds is 4. The van der Waals surface area contributed by atoms with Gasteiger partial charge in [0, 0.05) is 58.5 Å². The second-order valence-corrected chi connectivity index (χ2v) is 10.7. The van der Waals surface area contributed by atoms with Gasteiger partial charge in [-0.2, -0.15) is 13.2 Å². The van der Waals surface area contributed by atoms with Crippen molar-refractivity contribution in [3.63, 3.8) is 0 Å². The zero-order chi connectivity index (χ0) is 24.8. The molecule has 2 heterocycles. The highest BCUT2D eigenvalue weighted by Crippen LogP contribution is 2.37. The fraction of sp³-hybridized carbons (Fsp3) is 0.238. The highest BCUT2D eigenvalue weighted by molar-refractivity contribution is 9.10. The standard InChI is InChI=1S/C21H16BrClF3N3O4S/c22-14-2-1-3-16(8-14)34(32,33)29-11-13(12-30)19-17(9-15(23)10-18(19)29)27-4-6-28(7-5-27)20(31)21(24,25)26/h1-3,8-12H,4-7H2. The van der Waals surface area contributed by atoms with Crippen LogP contribution in [0, 0.1) is 0 Å². The van der Waals surface area contributed by atoms with E-state index in [1.54, 1.807) is 17.0 Å². The summed E-state index contributed by atoms with van der Waals surface area (Å²) >= 11 is 9.53. The first-order valence-electron chi connectivity index (χ1n) is 9.85. The number of carbonyl (C=O) groups is 2. The van der Waals surface area contributed by atoms with Gasteiger partial charge < -0.3 is 9.80 Å². The highest BCUT2D eigenvalue weighted by atomic mass is 79.9. The molecule has 1 aromatic heterocycles. The van der Waals surface area contributed by atoms with Crippen molar-refractivity contribution < 1.29 is 31.2 Å². The summed E-state index contributed by atoms with van der Waals surface area (Å²) in [5.74, 6) is -1.91. The minimum atomic E-state index is -4.96. The molecule has 0 bridgehead atoms. The van der Waals surface area contributed by atoms with Gasteiger partial charge in [0.25, 0.3) is 10.0 Å². The topological polar surface area (TPSA) is 79.7 Å². The van der Waals surface area contributed by atoms with Crippen LogP contribution in [-0.2, 0) is 14.8 Å². The Balaban J connectivity index is 1.79. The van der Waals surface area contributed by atoms with Crippen molar-refractivity contribution in [1.82, 2.24) is 8.87 Å². The van der Waals surface area contributed by atoms with Crippen LogP contribution in [0.2, 0.25) is 5.02 Å². The van der Waals surface area contributed by atoms with Crippen molar-refractivity contribution >= 4 is 66.3 Å². The van der Waals surface area contributed by atoms with Gasteiger partial charge in [0.1, 0.15) is 0 Å². The van der Waals surface area contributed by atoms with E-state index < -0.39 is 22.1 Å². The Morgan fingerprint density at radius 3 is 2.35 bits per heavy atom. The molecule has 0 spiro atoms. The second-order valence-electron chi connectivity index (χ2n) is 7.56. The zero-order valence-electron chi connectivity index (χ0n) is 17.2. The van der Waals surface area contributed by atoms with Crippen LogP contribution < -0.4 is 4.90 Å². The SMILES string of the molecule is O=Cc1cn(S(=O)(=O)c2cccc(Br)c2)c2cc(Cl)cc(N3CCN(C(=O)C(F)(F)F)CC3)c12. The lowest BCUT2D eigenvalue weighted by molar-refractivity contribution is -0.185. The first kappa shape index (κ1) is 24.6. The fourth-order valence-electron chi connectivity index (χ4n) is 3.92. The molecule has 1 amide bonds. The smallest absolute Gasteiger partial charge is 0.367 e. The van der Waals surface area contributed by atoms with Gasteiger partial charge in [-0.25, -0.2) is 12.4 Å². The molecule has 2 aromatic carbocycles. The molecule has 0 aliphatic carbocycles. The van der Waals surface area contributed by atoms with E-state index in [1.165, 1.54) is 30.5 Å². The molecule has 0 atom stereocenters. The lowest BCUT2D eigenvalue weighted by atomic mass is 10.1. The number of fused-ring (bicyclic) bond motifs is 1. The number of amides is 1. The number of hydrogen-bond acceptors (Lipinski definition) is 5. The average molecular weight is 579 g/mol. The summed E-state index contributed by atoms with van der Waals surface area (Å²) in [7, 11) is -4.11. The van der Waals surface area contributed by atoms with Crippen molar-refractivity contribution in [2.75, 3.05) is 31.1 Å². The number of anilines is 1. The molecule has 0 radical (unpaired) electrons. The Morgan fingerprint density at radius 1 is 1.09 bits per heavy atom. The summed E-state index contributed by atoms with van der Waals surface area (Å²) < 4.78 is 66.5. The molecular formula is C21H16BrClF3N3O4S. The van der Waals surface area contributed by atoms with Crippen LogP contribution in [0.15, 0.2) is 52.0 Å². The van der Waals surface area contributed by atoms with Crippen LogP contribution >= 0.6 is 27.5 Å². The van der Waals surface area contributed by atoms with Crippen molar-refractivity contribution in [2.45, 2.75) is 11.1 Å². The van der Waals surface area contributed by atoms with Gasteiger partial charge in [0.15, 0.2) is 6.29 Å². The Hall–Kier alpha value is -2.57. The lowest BCUT2D eigenvalue weighted by Gasteiger charge is -2.36. The number of aldehydes is 1. The Bertz CT molecular complexity index is 1400. The number of alkyl halides is 3. The Labute approximate surface area is 205 Å². The van der Waals surface area contributed by atoms with Crippen LogP contribution in [0.25, 0.3) is 10.9 Å². The fourth-order valence-corrected chi connectivity index (χ4v) is 6.08. The summed E-state index contributed by atoms with van der Waals surface area (Å²) in [4.78, 5) is 25.8. The third kappa shape index (κ3) is 4.41. The maximum absolute atomic E-state index is 13.4. The van der Waals surface area contributed by atoms with Crippen LogP contribution in [0.5, 0.6) is 0 Å². The molecule has 3 aromatic rings. The van der Waals surface area contributed by atoms with Gasteiger partial charge >= 0.3 is 12.1 Å². The van der Waals surface area contributed by atoms with Gasteiger partial charge in [0.2, 0.25) is 0 Å². The van der Waals surface area contributed by atoms with Crippen molar-refractivity contribution in [1.29, 1.82) is 0 Å². The molecule has 1 aliphatic heterocycles. The summed E-state index contributed by atoms with van der Waals surface area (Å²) in [5.41, 5.74) is 0.624. The number of carbonyl (C=O) groups excluding carboxylic acids is 2. The zero-order valence-corrected chi connectivity index (χ0v) is 20.4. The maximum atomic E-state index is 13.4. The van der Waals surface area contributed by atoms with E-state index in [-0.39, 0.29) is 47.2 Å². The molecule has 7 nitrogen and oxygen atoms in total. The first-order valence-corrected chi connectivity index (χ1v) is 12.5. The predicted molar refractivity (Wildman–Crippen MR) is 124 cm³/mol. The molecule has 1 saturated heterocycles. The molecule has 34 heavy (non-hydrogen) atoms. The number of hydrogen-bond donors (Lipinski definition) is 0. The van der Waals surface area contributed by atoms with E-state index >= 15 is 0 Å². The minimum Gasteiger partial charge on any atom is -0.367 e. The molecule has 13 heteroatoms. The molecule has 1 aliphatic rings. The third-order valence-corrected chi connectivity index (χ3v) is 7.86. The molecule has 0 N–H and O–H groups in total. The number of nitrogens with zero attached hydrogens (tertiary/aromatic N) is 3. The summed E-state index contributed by atoms with van der Waals surface area (Å²) in [6.45, 7) is -0.308. The van der Waals surface area contributed by atoms with E-state index in [1.807, 2.05) is 0 Å². The predicted octanol–water partition coefficient (Wildman–Crippen LogP) is 4.32. The van der Waals surface area contributed by atoms with E-state index in [0.29, 0.717) is 26.7 Å². The minimum absolute atomic E-state index is 0.0166. The third-order valence-electron chi connectivity index (χ3n) is 5.47. The Kier molecular flexibility index (Phi) is 6.42. The van der Waals surface area contributed by atoms with Crippen molar-refractivity contribution in [2.24, 2.45) is 0 Å². The molecule has 0 saturated carbocycles. The van der Waals surface area contributed by atoms with E-state index in [4.69, 9.17) is 11.6 Å². The van der Waals surface area contributed by atoms with Gasteiger partial charge in [-0.3, -0.25) is 9.59 Å². The van der Waals surface area contributed by atoms with Gasteiger partial charge in [0.05, 0.1) is 10.4 Å². The molecule has 180 valence electrons. The van der Waals surface area contributed by atoms with Gasteiger partial charge in [-0.15, -0.1) is 0 Å².